The summed E-state index contributed by atoms with van der Waals surface area (Å²) in [5.74, 6) is -0.126. The van der Waals surface area contributed by atoms with Gasteiger partial charge in [0.1, 0.15) is 16.6 Å². The third kappa shape index (κ3) is 6.33. The predicted octanol–water partition coefficient (Wildman–Crippen LogP) is 6.71. The second kappa shape index (κ2) is 13.2. The number of nitrogens with zero attached hydrogens (tertiary/aromatic N) is 1. The molecule has 220 valence electrons. The molecule has 9 nitrogen and oxygen atoms in total. The van der Waals surface area contributed by atoms with Crippen molar-refractivity contribution in [2.24, 2.45) is 0 Å². The first-order chi connectivity index (χ1) is 20.4. The van der Waals surface area contributed by atoms with Gasteiger partial charge in [-0.1, -0.05) is 19.8 Å². The monoisotopic (exact) mass is 589 g/mol. The summed E-state index contributed by atoms with van der Waals surface area (Å²) in [6.07, 6.45) is 5.16. The smallest absolute Gasteiger partial charge is 0.341 e. The summed E-state index contributed by atoms with van der Waals surface area (Å²) >= 11 is 1.42. The number of imidazole rings is 1. The van der Waals surface area contributed by atoms with Crippen LogP contribution in [0, 0.1) is 0 Å². The zero-order valence-electron chi connectivity index (χ0n) is 24.1. The van der Waals surface area contributed by atoms with Crippen molar-refractivity contribution in [1.82, 2.24) is 9.97 Å². The number of rotatable bonds is 9. The van der Waals surface area contributed by atoms with E-state index in [-0.39, 0.29) is 13.0 Å². The van der Waals surface area contributed by atoms with E-state index in [0.717, 1.165) is 60.3 Å². The Morgan fingerprint density at radius 3 is 2.48 bits per heavy atom. The predicted molar refractivity (Wildman–Crippen MR) is 162 cm³/mol. The van der Waals surface area contributed by atoms with E-state index in [2.05, 4.69) is 15.3 Å². The molecule has 2 aromatic heterocycles. The minimum absolute atomic E-state index is 0.244. The molecule has 0 spiro atoms. The Morgan fingerprint density at radius 2 is 1.76 bits per heavy atom. The van der Waals surface area contributed by atoms with Crippen LogP contribution in [0.2, 0.25) is 0 Å². The summed E-state index contributed by atoms with van der Waals surface area (Å²) in [5.41, 5.74) is 3.95. The molecule has 1 aliphatic rings. The third-order valence-corrected chi connectivity index (χ3v) is 8.59. The number of fused-ring (bicyclic) bond motifs is 2. The number of anilines is 1. The normalized spacial score (nSPS) is 13.9. The highest BCUT2D eigenvalue weighted by molar-refractivity contribution is 7.17. The minimum atomic E-state index is -1.04. The van der Waals surface area contributed by atoms with Crippen LogP contribution in [0.15, 0.2) is 42.5 Å². The van der Waals surface area contributed by atoms with Gasteiger partial charge in [0.25, 0.3) is 5.91 Å². The highest BCUT2D eigenvalue weighted by atomic mass is 32.1. The molecule has 1 unspecified atom stereocenters. The molecule has 0 saturated heterocycles. The lowest BCUT2D eigenvalue weighted by molar-refractivity contribution is -0.124. The number of aromatic amines is 1. The van der Waals surface area contributed by atoms with E-state index < -0.39 is 23.9 Å². The van der Waals surface area contributed by atoms with Gasteiger partial charge in [-0.15, -0.1) is 11.3 Å². The Balaban J connectivity index is 1.32. The molecular weight excluding hydrogens is 554 g/mol. The molecular formula is C32H35N3O6S. The number of nitrogens with one attached hydrogen (secondary N) is 2. The van der Waals surface area contributed by atoms with Crippen LogP contribution in [-0.2, 0) is 27.1 Å². The number of hydrogen-bond acceptors (Lipinski definition) is 8. The van der Waals surface area contributed by atoms with Crippen molar-refractivity contribution in [3.05, 3.63) is 64.0 Å². The molecule has 2 aromatic carbocycles. The number of esters is 2. The molecule has 1 aliphatic carbocycles. The van der Waals surface area contributed by atoms with Crippen molar-refractivity contribution < 1.29 is 28.6 Å². The van der Waals surface area contributed by atoms with Gasteiger partial charge >= 0.3 is 11.9 Å². The van der Waals surface area contributed by atoms with E-state index in [4.69, 9.17) is 14.2 Å². The van der Waals surface area contributed by atoms with Gasteiger partial charge in [-0.3, -0.25) is 4.79 Å². The molecule has 2 heterocycles. The molecule has 0 bridgehead atoms. The number of carbonyl (C=O) groups is 3. The molecule has 10 heteroatoms. The van der Waals surface area contributed by atoms with Gasteiger partial charge < -0.3 is 24.5 Å². The number of benzene rings is 2. The number of hydrogen-bond donors (Lipinski definition) is 2. The summed E-state index contributed by atoms with van der Waals surface area (Å²) in [6.45, 7) is 3.78. The Morgan fingerprint density at radius 1 is 1.00 bits per heavy atom. The summed E-state index contributed by atoms with van der Waals surface area (Å²) in [7, 11) is 1.61. The second-order valence-electron chi connectivity index (χ2n) is 10.2. The van der Waals surface area contributed by atoms with Gasteiger partial charge in [0.05, 0.1) is 35.9 Å². The lowest BCUT2D eigenvalue weighted by Gasteiger charge is -2.16. The van der Waals surface area contributed by atoms with Gasteiger partial charge in [-0.25, -0.2) is 14.6 Å². The second-order valence-corrected chi connectivity index (χ2v) is 11.3. The summed E-state index contributed by atoms with van der Waals surface area (Å²) in [5, 5.41) is 3.35. The largest absolute Gasteiger partial charge is 0.497 e. The highest BCUT2D eigenvalue weighted by Crippen LogP contribution is 2.38. The van der Waals surface area contributed by atoms with E-state index in [1.165, 1.54) is 11.3 Å². The molecule has 0 fully saturated rings. The van der Waals surface area contributed by atoms with Crippen molar-refractivity contribution in [3.63, 3.8) is 0 Å². The molecule has 42 heavy (non-hydrogen) atoms. The molecule has 0 radical (unpaired) electrons. The van der Waals surface area contributed by atoms with Gasteiger partial charge in [0.2, 0.25) is 0 Å². The maximum Gasteiger partial charge on any atom is 0.341 e. The number of ether oxygens (including phenoxy) is 3. The maximum absolute atomic E-state index is 13.4. The summed E-state index contributed by atoms with van der Waals surface area (Å²) in [4.78, 5) is 48.4. The first kappa shape index (κ1) is 29.3. The van der Waals surface area contributed by atoms with Crippen LogP contribution < -0.4 is 10.1 Å². The van der Waals surface area contributed by atoms with E-state index in [9.17, 15) is 14.4 Å². The summed E-state index contributed by atoms with van der Waals surface area (Å²) < 4.78 is 16.2. The SMILES string of the molecule is CCOC(=O)c1c(NC(=O)C(CC)OC(=O)c2ccc3nc(-c4ccc(OC)cc4)[nH]c3c2)sc2c1CCCCCC2. The zero-order valence-corrected chi connectivity index (χ0v) is 24.9. The number of carbonyl (C=O) groups excluding carboxylic acids is 3. The van der Waals surface area contributed by atoms with Crippen molar-refractivity contribution in [1.29, 1.82) is 0 Å². The molecule has 0 aliphatic heterocycles. The molecule has 5 rings (SSSR count). The van der Waals surface area contributed by atoms with Crippen molar-refractivity contribution in [2.45, 2.75) is 64.9 Å². The minimum Gasteiger partial charge on any atom is -0.497 e. The number of methoxy groups -OCH3 is 1. The average Bonchev–Trinajstić information content (AvgIpc) is 3.56. The highest BCUT2D eigenvalue weighted by Gasteiger charge is 2.29. The average molecular weight is 590 g/mol. The van der Waals surface area contributed by atoms with E-state index in [0.29, 0.717) is 33.0 Å². The number of amides is 1. The standard InChI is InChI=1S/C32H35N3O6S/c1-4-25(29(36)35-30-27(32(38)40-5-2)22-10-8-6-7-9-11-26(22)42-30)41-31(37)20-14-17-23-24(18-20)34-28(33-23)19-12-15-21(39-3)16-13-19/h12-18,25H,4-11H2,1-3H3,(H,33,34)(H,35,36). The molecule has 0 saturated carbocycles. The fourth-order valence-electron chi connectivity index (χ4n) is 5.16. The van der Waals surface area contributed by atoms with Crippen molar-refractivity contribution in [3.8, 4) is 17.1 Å². The van der Waals surface area contributed by atoms with E-state index >= 15 is 0 Å². The van der Waals surface area contributed by atoms with Crippen LogP contribution in [0.3, 0.4) is 0 Å². The lowest BCUT2D eigenvalue weighted by atomic mass is 9.96. The first-order valence-electron chi connectivity index (χ1n) is 14.4. The number of aryl methyl sites for hydroxylation is 1. The van der Waals surface area contributed by atoms with E-state index in [1.807, 2.05) is 24.3 Å². The number of thiophene rings is 1. The number of H-pyrrole nitrogens is 1. The molecule has 1 amide bonds. The van der Waals surface area contributed by atoms with Gasteiger partial charge in [0.15, 0.2) is 6.10 Å². The van der Waals surface area contributed by atoms with E-state index in [1.54, 1.807) is 39.2 Å². The molecule has 4 aromatic rings. The van der Waals surface area contributed by atoms with Crippen LogP contribution in [0.5, 0.6) is 5.75 Å². The van der Waals surface area contributed by atoms with Crippen LogP contribution in [0.1, 0.15) is 77.1 Å². The van der Waals surface area contributed by atoms with Crippen LogP contribution in [0.4, 0.5) is 5.00 Å². The van der Waals surface area contributed by atoms with Crippen molar-refractivity contribution >= 4 is 45.2 Å². The van der Waals surface area contributed by atoms with Crippen LogP contribution in [0.25, 0.3) is 22.4 Å². The first-order valence-corrected chi connectivity index (χ1v) is 15.2. The topological polar surface area (TPSA) is 120 Å². The van der Waals surface area contributed by atoms with Gasteiger partial charge in [-0.2, -0.15) is 0 Å². The van der Waals surface area contributed by atoms with Gasteiger partial charge in [0, 0.05) is 10.4 Å². The van der Waals surface area contributed by atoms with Crippen molar-refractivity contribution in [2.75, 3.05) is 19.0 Å². The Kier molecular flexibility index (Phi) is 9.22. The molecule has 1 atom stereocenters. The molecule has 2 N–H and O–H groups in total. The Labute approximate surface area is 248 Å². The fraction of sp³-hybridized carbons (Fsp3) is 0.375. The summed E-state index contributed by atoms with van der Waals surface area (Å²) in [6, 6.07) is 12.5. The van der Waals surface area contributed by atoms with Crippen LogP contribution in [-0.4, -0.2) is 47.6 Å². The Hall–Kier alpha value is -4.18. The maximum atomic E-state index is 13.4. The third-order valence-electron chi connectivity index (χ3n) is 7.38. The number of aromatic nitrogens is 2. The Bertz CT molecular complexity index is 1590. The fourth-order valence-corrected chi connectivity index (χ4v) is 6.44. The van der Waals surface area contributed by atoms with Crippen LogP contribution >= 0.6 is 11.3 Å². The van der Waals surface area contributed by atoms with Gasteiger partial charge in [-0.05, 0) is 87.1 Å². The lowest BCUT2D eigenvalue weighted by Crippen LogP contribution is -2.32. The quantitative estimate of drug-likeness (QED) is 0.208. The zero-order chi connectivity index (χ0) is 29.6.